The first-order valence-corrected chi connectivity index (χ1v) is 7.86. The smallest absolute Gasteiger partial charge is 0.334 e. The zero-order chi connectivity index (χ0) is 14.8. The number of hydrogen-bond acceptors (Lipinski definition) is 4. The highest BCUT2D eigenvalue weighted by Gasteiger charge is 2.33. The van der Waals surface area contributed by atoms with E-state index in [1.165, 1.54) is 6.08 Å². The van der Waals surface area contributed by atoms with Gasteiger partial charge in [-0.2, -0.15) is 0 Å². The van der Waals surface area contributed by atoms with Crippen LogP contribution >= 0.6 is 11.6 Å². The lowest BCUT2D eigenvalue weighted by molar-refractivity contribution is -0.137. The Morgan fingerprint density at radius 1 is 1.40 bits per heavy atom. The Morgan fingerprint density at radius 3 is 2.80 bits per heavy atom. The molecule has 2 atom stereocenters. The second-order valence-corrected chi connectivity index (χ2v) is 5.26. The number of ether oxygens (including phenoxy) is 3. The molecule has 0 aromatic carbocycles. The van der Waals surface area contributed by atoms with E-state index < -0.39 is 0 Å². The third kappa shape index (κ3) is 5.71. The zero-order valence-corrected chi connectivity index (χ0v) is 13.2. The van der Waals surface area contributed by atoms with Crippen molar-refractivity contribution in [3.63, 3.8) is 0 Å². The predicted octanol–water partition coefficient (Wildman–Crippen LogP) is 3.28. The van der Waals surface area contributed by atoms with Gasteiger partial charge in [-0.3, -0.25) is 0 Å². The number of rotatable bonds is 9. The molecule has 116 valence electrons. The molecule has 1 heterocycles. The summed E-state index contributed by atoms with van der Waals surface area (Å²) in [5.41, 5.74) is 0. The number of halogens is 1. The van der Waals surface area contributed by atoms with E-state index in [0.29, 0.717) is 19.0 Å². The van der Waals surface area contributed by atoms with Crippen LogP contribution in [-0.2, 0) is 19.0 Å². The van der Waals surface area contributed by atoms with E-state index in [1.807, 2.05) is 0 Å². The number of hydrogen-bond donors (Lipinski definition) is 0. The van der Waals surface area contributed by atoms with Crippen molar-refractivity contribution in [1.82, 2.24) is 0 Å². The number of esters is 1. The molecule has 4 nitrogen and oxygen atoms in total. The number of carbonyl (C=O) groups excluding carboxylic acids is 1. The standard InChI is InChI=1S/C15H25ClO4/c1-3-19-15(17)10-13-12(14(18-2)11-20-13)8-6-4-5-7-9-16/h10,12,14H,3-9,11H2,1-2H3/b13-10+/t12-,14-/m1/s1. The average Bonchev–Trinajstić information content (AvgIpc) is 2.81. The minimum absolute atomic E-state index is 0.0312. The first-order valence-electron chi connectivity index (χ1n) is 7.32. The minimum atomic E-state index is -0.341. The Morgan fingerprint density at radius 2 is 2.15 bits per heavy atom. The first kappa shape index (κ1) is 17.3. The molecule has 0 unspecified atom stereocenters. The van der Waals surface area contributed by atoms with Gasteiger partial charge in [0.15, 0.2) is 0 Å². The molecule has 1 fully saturated rings. The Hall–Kier alpha value is -0.740. The summed E-state index contributed by atoms with van der Waals surface area (Å²) in [6.45, 7) is 2.67. The van der Waals surface area contributed by atoms with E-state index in [4.69, 9.17) is 25.8 Å². The van der Waals surface area contributed by atoms with Crippen LogP contribution in [0.5, 0.6) is 0 Å². The molecule has 0 aliphatic carbocycles. The quantitative estimate of drug-likeness (QED) is 0.284. The summed E-state index contributed by atoms with van der Waals surface area (Å²) in [6, 6.07) is 0. The van der Waals surface area contributed by atoms with Crippen LogP contribution in [0.4, 0.5) is 0 Å². The molecule has 0 amide bonds. The third-order valence-electron chi connectivity index (χ3n) is 3.48. The molecule has 1 saturated heterocycles. The van der Waals surface area contributed by atoms with Gasteiger partial charge >= 0.3 is 5.97 Å². The van der Waals surface area contributed by atoms with Crippen LogP contribution < -0.4 is 0 Å². The lowest BCUT2D eigenvalue weighted by Gasteiger charge is -2.15. The Bertz CT molecular complexity index is 317. The molecule has 0 saturated carbocycles. The van der Waals surface area contributed by atoms with E-state index in [9.17, 15) is 4.79 Å². The maximum atomic E-state index is 11.5. The van der Waals surface area contributed by atoms with E-state index in [2.05, 4.69) is 0 Å². The predicted molar refractivity (Wildman–Crippen MR) is 78.8 cm³/mol. The van der Waals surface area contributed by atoms with Crippen LogP contribution in [0.15, 0.2) is 11.8 Å². The summed E-state index contributed by atoms with van der Waals surface area (Å²) >= 11 is 5.66. The number of unbranched alkanes of at least 4 members (excludes halogenated alkanes) is 3. The van der Waals surface area contributed by atoms with E-state index in [-0.39, 0.29) is 18.0 Å². The van der Waals surface area contributed by atoms with Crippen LogP contribution in [0, 0.1) is 5.92 Å². The van der Waals surface area contributed by atoms with Crippen molar-refractivity contribution < 1.29 is 19.0 Å². The number of carbonyl (C=O) groups is 1. The number of methoxy groups -OCH3 is 1. The molecular weight excluding hydrogens is 280 g/mol. The van der Waals surface area contributed by atoms with Crippen LogP contribution in [0.1, 0.15) is 39.0 Å². The highest BCUT2D eigenvalue weighted by molar-refractivity contribution is 6.17. The van der Waals surface area contributed by atoms with Crippen LogP contribution in [-0.4, -0.2) is 38.3 Å². The molecule has 1 rings (SSSR count). The molecule has 20 heavy (non-hydrogen) atoms. The highest BCUT2D eigenvalue weighted by atomic mass is 35.5. The molecule has 0 spiro atoms. The fourth-order valence-electron chi connectivity index (χ4n) is 2.41. The van der Waals surface area contributed by atoms with Crippen molar-refractivity contribution in [1.29, 1.82) is 0 Å². The molecule has 5 heteroatoms. The summed E-state index contributed by atoms with van der Waals surface area (Å²) in [5.74, 6) is 1.24. The topological polar surface area (TPSA) is 44.8 Å². The molecule has 0 aromatic heterocycles. The maximum absolute atomic E-state index is 11.5. The Balaban J connectivity index is 2.49. The van der Waals surface area contributed by atoms with Gasteiger partial charge < -0.3 is 14.2 Å². The van der Waals surface area contributed by atoms with E-state index in [1.54, 1.807) is 14.0 Å². The third-order valence-corrected chi connectivity index (χ3v) is 3.74. The average molecular weight is 305 g/mol. The van der Waals surface area contributed by atoms with Gasteiger partial charge in [0.1, 0.15) is 18.5 Å². The van der Waals surface area contributed by atoms with Gasteiger partial charge in [0.25, 0.3) is 0 Å². The van der Waals surface area contributed by atoms with Gasteiger partial charge in [-0.1, -0.05) is 19.3 Å². The van der Waals surface area contributed by atoms with Crippen molar-refractivity contribution in [2.45, 2.75) is 45.1 Å². The SMILES string of the molecule is CCOC(=O)/C=C1/OC[C@@H](OC)[C@@H]1CCCCCCCl. The normalized spacial score (nSPS) is 23.9. The largest absolute Gasteiger partial charge is 0.495 e. The summed E-state index contributed by atoms with van der Waals surface area (Å²) in [4.78, 5) is 11.5. The van der Waals surface area contributed by atoms with Crippen molar-refractivity contribution in [2.75, 3.05) is 26.2 Å². The molecule has 0 bridgehead atoms. The van der Waals surface area contributed by atoms with Crippen LogP contribution in [0.25, 0.3) is 0 Å². The summed E-state index contributed by atoms with van der Waals surface area (Å²) in [5, 5.41) is 0. The van der Waals surface area contributed by atoms with Gasteiger partial charge in [-0.15, -0.1) is 11.6 Å². The maximum Gasteiger partial charge on any atom is 0.334 e. The van der Waals surface area contributed by atoms with Crippen LogP contribution in [0.3, 0.4) is 0 Å². The van der Waals surface area contributed by atoms with Gasteiger partial charge in [-0.05, 0) is 19.8 Å². The molecule has 1 aliphatic heterocycles. The summed E-state index contributed by atoms with van der Waals surface area (Å²) in [6.07, 6.45) is 6.90. The van der Waals surface area contributed by atoms with Gasteiger partial charge in [0, 0.05) is 18.9 Å². The number of alkyl halides is 1. The van der Waals surface area contributed by atoms with Crippen molar-refractivity contribution in [3.05, 3.63) is 11.8 Å². The fraction of sp³-hybridized carbons (Fsp3) is 0.800. The molecular formula is C15H25ClO4. The first-order chi connectivity index (χ1) is 9.72. The van der Waals surface area contributed by atoms with Crippen molar-refractivity contribution >= 4 is 17.6 Å². The summed E-state index contributed by atoms with van der Waals surface area (Å²) < 4.78 is 15.9. The van der Waals surface area contributed by atoms with E-state index >= 15 is 0 Å². The molecule has 0 N–H and O–H groups in total. The van der Waals surface area contributed by atoms with Crippen molar-refractivity contribution in [3.8, 4) is 0 Å². The zero-order valence-electron chi connectivity index (χ0n) is 12.4. The van der Waals surface area contributed by atoms with Gasteiger partial charge in [-0.25, -0.2) is 4.79 Å². The Labute approximate surface area is 126 Å². The second-order valence-electron chi connectivity index (χ2n) is 4.88. The second kappa shape index (κ2) is 10.1. The van der Waals surface area contributed by atoms with Crippen molar-refractivity contribution in [2.24, 2.45) is 5.92 Å². The summed E-state index contributed by atoms with van der Waals surface area (Å²) in [7, 11) is 1.68. The minimum Gasteiger partial charge on any atom is -0.495 e. The lowest BCUT2D eigenvalue weighted by atomic mass is 9.95. The molecule has 0 radical (unpaired) electrons. The van der Waals surface area contributed by atoms with Gasteiger partial charge in [0.2, 0.25) is 0 Å². The molecule has 0 aromatic rings. The highest BCUT2D eigenvalue weighted by Crippen LogP contribution is 2.31. The van der Waals surface area contributed by atoms with E-state index in [0.717, 1.165) is 38.0 Å². The Kier molecular flexibility index (Phi) is 8.70. The fourth-order valence-corrected chi connectivity index (χ4v) is 2.60. The molecule has 1 aliphatic rings. The lowest BCUT2D eigenvalue weighted by Crippen LogP contribution is -2.20. The van der Waals surface area contributed by atoms with Crippen LogP contribution in [0.2, 0.25) is 0 Å². The van der Waals surface area contributed by atoms with Gasteiger partial charge in [0.05, 0.1) is 12.7 Å². The monoisotopic (exact) mass is 304 g/mol.